The lowest BCUT2D eigenvalue weighted by Gasteiger charge is -2.18. The normalized spacial score (nSPS) is 12.1. The molecule has 6 heteroatoms. The number of ether oxygens (including phenoxy) is 1. The van der Waals surface area contributed by atoms with Gasteiger partial charge in [0.05, 0.1) is 18.7 Å². The molecule has 2 aromatic carbocycles. The first-order chi connectivity index (χ1) is 12.1. The Morgan fingerprint density at radius 3 is 2.60 bits per heavy atom. The highest BCUT2D eigenvalue weighted by atomic mass is 16.5. The van der Waals surface area contributed by atoms with Crippen LogP contribution in [0, 0.1) is 0 Å². The maximum Gasteiger partial charge on any atom is 0.420 e. The minimum absolute atomic E-state index is 0.0809. The molecule has 25 heavy (non-hydrogen) atoms. The standard InChI is InChI=1S/C19H20N2O4/c1-3-15(13-8-10-14(24-2)11-9-13)20-18(22)12-21-16-6-4-5-7-17(16)25-19(21)23/h4-11,15H,3,12H2,1-2H3,(H,20,22). The van der Waals surface area contributed by atoms with Gasteiger partial charge < -0.3 is 14.5 Å². The van der Waals surface area contributed by atoms with Crippen LogP contribution < -0.4 is 15.8 Å². The second-order valence-electron chi connectivity index (χ2n) is 5.72. The van der Waals surface area contributed by atoms with Crippen molar-refractivity contribution in [2.75, 3.05) is 7.11 Å². The lowest BCUT2D eigenvalue weighted by atomic mass is 10.0. The molecule has 0 saturated carbocycles. The van der Waals surface area contributed by atoms with Crippen molar-refractivity contribution in [2.45, 2.75) is 25.9 Å². The second-order valence-corrected chi connectivity index (χ2v) is 5.72. The SMILES string of the molecule is CCC(NC(=O)Cn1c(=O)oc2ccccc21)c1ccc(OC)cc1. The van der Waals surface area contributed by atoms with Crippen molar-refractivity contribution in [2.24, 2.45) is 0 Å². The van der Waals surface area contributed by atoms with E-state index in [1.165, 1.54) is 4.57 Å². The Labute approximate surface area is 145 Å². The molecule has 0 aliphatic carbocycles. The monoisotopic (exact) mass is 340 g/mol. The Kier molecular flexibility index (Phi) is 4.88. The number of nitrogens with zero attached hydrogens (tertiary/aromatic N) is 1. The summed E-state index contributed by atoms with van der Waals surface area (Å²) in [6.07, 6.45) is 0.735. The average molecular weight is 340 g/mol. The number of methoxy groups -OCH3 is 1. The van der Waals surface area contributed by atoms with E-state index in [0.717, 1.165) is 17.7 Å². The number of carbonyl (C=O) groups is 1. The summed E-state index contributed by atoms with van der Waals surface area (Å²) in [5, 5.41) is 2.97. The Balaban J connectivity index is 1.75. The van der Waals surface area contributed by atoms with Gasteiger partial charge in [0, 0.05) is 0 Å². The molecule has 0 fully saturated rings. The van der Waals surface area contributed by atoms with Crippen LogP contribution in [0.1, 0.15) is 24.9 Å². The molecule has 3 rings (SSSR count). The molecule has 1 unspecified atom stereocenters. The van der Waals surface area contributed by atoms with Crippen LogP contribution in [-0.2, 0) is 11.3 Å². The number of aromatic nitrogens is 1. The maximum atomic E-state index is 12.4. The molecule has 130 valence electrons. The summed E-state index contributed by atoms with van der Waals surface area (Å²) < 4.78 is 11.6. The molecule has 0 saturated heterocycles. The van der Waals surface area contributed by atoms with Crippen LogP contribution in [0.3, 0.4) is 0 Å². The zero-order valence-corrected chi connectivity index (χ0v) is 14.2. The number of carbonyl (C=O) groups excluding carboxylic acids is 1. The highest BCUT2D eigenvalue weighted by Gasteiger charge is 2.16. The average Bonchev–Trinajstić information content (AvgIpc) is 2.95. The third kappa shape index (κ3) is 3.57. The topological polar surface area (TPSA) is 73.5 Å². The van der Waals surface area contributed by atoms with Crippen LogP contribution in [-0.4, -0.2) is 17.6 Å². The van der Waals surface area contributed by atoms with Gasteiger partial charge in [-0.3, -0.25) is 9.36 Å². The Morgan fingerprint density at radius 2 is 1.92 bits per heavy atom. The first-order valence-corrected chi connectivity index (χ1v) is 8.14. The molecule has 6 nitrogen and oxygen atoms in total. The molecule has 1 heterocycles. The van der Waals surface area contributed by atoms with Crippen LogP contribution in [0.25, 0.3) is 11.1 Å². The predicted octanol–water partition coefficient (Wildman–Crippen LogP) is 2.87. The van der Waals surface area contributed by atoms with E-state index in [0.29, 0.717) is 11.1 Å². The summed E-state index contributed by atoms with van der Waals surface area (Å²) in [6, 6.07) is 14.5. The lowest BCUT2D eigenvalue weighted by molar-refractivity contribution is -0.122. The van der Waals surface area contributed by atoms with Crippen LogP contribution in [0.2, 0.25) is 0 Å². The van der Waals surface area contributed by atoms with Crippen molar-refractivity contribution in [1.29, 1.82) is 0 Å². The molecule has 3 aromatic rings. The number of hydrogen-bond acceptors (Lipinski definition) is 4. The van der Waals surface area contributed by atoms with Gasteiger partial charge in [0.15, 0.2) is 5.58 Å². The number of fused-ring (bicyclic) bond motifs is 1. The van der Waals surface area contributed by atoms with Gasteiger partial charge in [-0.25, -0.2) is 4.79 Å². The van der Waals surface area contributed by atoms with Gasteiger partial charge in [-0.2, -0.15) is 0 Å². The molecular formula is C19H20N2O4. The zero-order valence-electron chi connectivity index (χ0n) is 14.2. The Morgan fingerprint density at radius 1 is 1.20 bits per heavy atom. The number of hydrogen-bond donors (Lipinski definition) is 1. The Bertz CT molecular complexity index is 924. The summed E-state index contributed by atoms with van der Waals surface area (Å²) in [4.78, 5) is 24.4. The summed E-state index contributed by atoms with van der Waals surface area (Å²) in [7, 11) is 1.61. The molecule has 0 bridgehead atoms. The van der Waals surface area contributed by atoms with Gasteiger partial charge in [-0.1, -0.05) is 31.2 Å². The van der Waals surface area contributed by atoms with E-state index in [9.17, 15) is 9.59 Å². The highest BCUT2D eigenvalue weighted by molar-refractivity contribution is 5.79. The van der Waals surface area contributed by atoms with E-state index in [2.05, 4.69) is 5.32 Å². The molecule has 0 radical (unpaired) electrons. The quantitative estimate of drug-likeness (QED) is 0.749. The maximum absolute atomic E-state index is 12.4. The third-order valence-corrected chi connectivity index (χ3v) is 4.14. The molecule has 1 amide bonds. The van der Waals surface area contributed by atoms with Crippen molar-refractivity contribution < 1.29 is 13.9 Å². The predicted molar refractivity (Wildman–Crippen MR) is 94.6 cm³/mol. The van der Waals surface area contributed by atoms with Gasteiger partial charge in [-0.05, 0) is 36.2 Å². The van der Waals surface area contributed by atoms with Crippen molar-refractivity contribution in [3.8, 4) is 5.75 Å². The van der Waals surface area contributed by atoms with Crippen LogP contribution in [0.15, 0.2) is 57.7 Å². The molecule has 0 aliphatic heterocycles. The molecule has 1 aromatic heterocycles. The summed E-state index contributed by atoms with van der Waals surface area (Å²) in [5.74, 6) is -0.00786. The zero-order chi connectivity index (χ0) is 17.8. The van der Waals surface area contributed by atoms with E-state index in [1.807, 2.05) is 31.2 Å². The van der Waals surface area contributed by atoms with Gasteiger partial charge in [0.25, 0.3) is 0 Å². The number of para-hydroxylation sites is 2. The molecule has 0 spiro atoms. The third-order valence-electron chi connectivity index (χ3n) is 4.14. The van der Waals surface area contributed by atoms with Crippen molar-refractivity contribution in [3.63, 3.8) is 0 Å². The number of nitrogens with one attached hydrogen (secondary N) is 1. The van der Waals surface area contributed by atoms with Gasteiger partial charge in [0.1, 0.15) is 12.3 Å². The fraction of sp³-hybridized carbons (Fsp3) is 0.263. The van der Waals surface area contributed by atoms with Crippen LogP contribution in [0.5, 0.6) is 5.75 Å². The molecule has 0 aliphatic rings. The molecule has 1 atom stereocenters. The van der Waals surface area contributed by atoms with Crippen molar-refractivity contribution >= 4 is 17.0 Å². The summed E-state index contributed by atoms with van der Waals surface area (Å²) >= 11 is 0. The molecular weight excluding hydrogens is 320 g/mol. The highest BCUT2D eigenvalue weighted by Crippen LogP contribution is 2.20. The van der Waals surface area contributed by atoms with Gasteiger partial charge >= 0.3 is 5.76 Å². The second kappa shape index (κ2) is 7.25. The fourth-order valence-electron chi connectivity index (χ4n) is 2.80. The fourth-order valence-corrected chi connectivity index (χ4v) is 2.80. The Hall–Kier alpha value is -3.02. The van der Waals surface area contributed by atoms with Crippen LogP contribution >= 0.6 is 0 Å². The smallest absolute Gasteiger partial charge is 0.420 e. The van der Waals surface area contributed by atoms with E-state index in [1.54, 1.807) is 31.4 Å². The minimum Gasteiger partial charge on any atom is -0.497 e. The number of rotatable bonds is 6. The van der Waals surface area contributed by atoms with Gasteiger partial charge in [-0.15, -0.1) is 0 Å². The van der Waals surface area contributed by atoms with E-state index in [4.69, 9.17) is 9.15 Å². The minimum atomic E-state index is -0.533. The van der Waals surface area contributed by atoms with E-state index < -0.39 is 5.76 Å². The lowest BCUT2D eigenvalue weighted by Crippen LogP contribution is -2.33. The number of benzene rings is 2. The van der Waals surface area contributed by atoms with Crippen molar-refractivity contribution in [3.05, 3.63) is 64.6 Å². The first-order valence-electron chi connectivity index (χ1n) is 8.14. The first kappa shape index (κ1) is 16.8. The van der Waals surface area contributed by atoms with Crippen molar-refractivity contribution in [1.82, 2.24) is 9.88 Å². The summed E-state index contributed by atoms with van der Waals surface area (Å²) in [5.41, 5.74) is 2.07. The van der Waals surface area contributed by atoms with Gasteiger partial charge in [0.2, 0.25) is 5.91 Å². The number of oxazole rings is 1. The van der Waals surface area contributed by atoms with E-state index >= 15 is 0 Å². The summed E-state index contributed by atoms with van der Waals surface area (Å²) in [6.45, 7) is 1.91. The molecule has 1 N–H and O–H groups in total. The van der Waals surface area contributed by atoms with Crippen LogP contribution in [0.4, 0.5) is 0 Å². The van der Waals surface area contributed by atoms with E-state index in [-0.39, 0.29) is 18.5 Å². The number of amides is 1. The largest absolute Gasteiger partial charge is 0.497 e.